The van der Waals surface area contributed by atoms with Crippen molar-refractivity contribution in [2.45, 2.75) is 90.6 Å². The van der Waals surface area contributed by atoms with Crippen molar-refractivity contribution in [3.8, 4) is 0 Å². The second kappa shape index (κ2) is 15.0. The molecule has 0 fully saturated rings. The van der Waals surface area contributed by atoms with E-state index in [0.29, 0.717) is 6.10 Å². The minimum Gasteiger partial charge on any atom is -0.422 e. The Balaban J connectivity index is 3.25. The van der Waals surface area contributed by atoms with E-state index in [1.54, 1.807) is 0 Å². The minimum atomic E-state index is 0.404. The van der Waals surface area contributed by atoms with Gasteiger partial charge in [0.05, 0.1) is 6.10 Å². The van der Waals surface area contributed by atoms with Gasteiger partial charge in [-0.15, -0.1) is 0 Å². The smallest absolute Gasteiger partial charge is 0.146 e. The quantitative estimate of drug-likeness (QED) is 0.271. The van der Waals surface area contributed by atoms with Gasteiger partial charge in [0.2, 0.25) is 0 Å². The summed E-state index contributed by atoms with van der Waals surface area (Å²) in [6, 6.07) is 0. The molecule has 0 aromatic heterocycles. The van der Waals surface area contributed by atoms with Crippen molar-refractivity contribution in [2.75, 3.05) is 0 Å². The van der Waals surface area contributed by atoms with Gasteiger partial charge in [-0.1, -0.05) is 83.8 Å². The third-order valence-electron chi connectivity index (χ3n) is 3.48. The normalized spacial score (nSPS) is 13.4. The molecule has 0 aliphatic rings. The Hall–Kier alpha value is -0.0831. The predicted molar refractivity (Wildman–Crippen MR) is 86.1 cm³/mol. The largest absolute Gasteiger partial charge is 0.422 e. The van der Waals surface area contributed by atoms with Crippen LogP contribution in [0, 0.1) is 0 Å². The Labute approximate surface area is 118 Å². The van der Waals surface area contributed by atoms with Crippen LogP contribution in [0.3, 0.4) is 0 Å². The Kier molecular flexibility index (Phi) is 14.9. The molecule has 0 radical (unpaired) electrons. The summed E-state index contributed by atoms with van der Waals surface area (Å²) in [5.41, 5.74) is 0. The van der Waals surface area contributed by atoms with Gasteiger partial charge in [-0.25, -0.2) is 0 Å². The predicted octanol–water partition coefficient (Wildman–Crippen LogP) is 4.54. The first-order valence-electron chi connectivity index (χ1n) is 8.04. The summed E-state index contributed by atoms with van der Waals surface area (Å²) in [4.78, 5) is 0. The number of hydrogen-bond donors (Lipinski definition) is 0. The topological polar surface area (TPSA) is 9.23 Å². The summed E-state index contributed by atoms with van der Waals surface area (Å²) in [5.74, 6) is 0. The molecule has 18 heavy (non-hydrogen) atoms. The second-order valence-corrected chi connectivity index (χ2v) is 5.70. The van der Waals surface area contributed by atoms with Crippen molar-refractivity contribution >= 4 is 10.5 Å². The van der Waals surface area contributed by atoms with E-state index in [2.05, 4.69) is 26.0 Å². The molecule has 0 amide bonds. The zero-order valence-electron chi connectivity index (χ0n) is 12.9. The first-order chi connectivity index (χ1) is 8.85. The van der Waals surface area contributed by atoms with Gasteiger partial charge in [0.1, 0.15) is 10.5 Å². The van der Waals surface area contributed by atoms with Gasteiger partial charge in [0.25, 0.3) is 0 Å². The molecule has 0 spiro atoms. The zero-order valence-corrected chi connectivity index (χ0v) is 14.9. The van der Waals surface area contributed by atoms with Crippen LogP contribution in [0.4, 0.5) is 0 Å². The number of unbranched alkanes of at least 4 members (excludes halogenated alkanes) is 8. The van der Waals surface area contributed by atoms with E-state index in [-0.39, 0.29) is 0 Å². The molecule has 1 atom stereocenters. The molecule has 0 aromatic carbocycles. The van der Waals surface area contributed by atoms with Crippen LogP contribution in [0.5, 0.6) is 0 Å². The molecule has 0 aliphatic carbocycles. The van der Waals surface area contributed by atoms with Crippen LogP contribution in [-0.2, 0) is 4.43 Å². The molecule has 0 saturated carbocycles. The van der Waals surface area contributed by atoms with Crippen LogP contribution < -0.4 is 0 Å². The van der Waals surface area contributed by atoms with Gasteiger partial charge >= 0.3 is 0 Å². The maximum atomic E-state index is 5.58. The Morgan fingerprint density at radius 2 is 1.44 bits per heavy atom. The molecule has 0 aliphatic heterocycles. The van der Waals surface area contributed by atoms with Gasteiger partial charge in [0.15, 0.2) is 0 Å². The van der Waals surface area contributed by atoms with Gasteiger partial charge in [0, 0.05) is 0 Å². The lowest BCUT2D eigenvalue weighted by atomic mass is 10.0. The van der Waals surface area contributed by atoms with Crippen LogP contribution in [0.25, 0.3) is 0 Å². The van der Waals surface area contributed by atoms with E-state index >= 15 is 0 Å². The van der Waals surface area contributed by atoms with Crippen molar-refractivity contribution in [1.82, 2.24) is 0 Å². The molecular formula is C16H34OSi. The second-order valence-electron chi connectivity index (χ2n) is 5.23. The van der Waals surface area contributed by atoms with Crippen LogP contribution in [0.1, 0.15) is 84.5 Å². The summed E-state index contributed by atoms with van der Waals surface area (Å²) in [6.45, 7) is 4.46. The molecule has 0 saturated heterocycles. The Morgan fingerprint density at radius 1 is 0.889 bits per heavy atom. The standard InChI is InChI=1S/C16H34OSi/c1-3-5-7-8-9-10-11-12-13-15-16(17-18)14-6-4-2/h6,14,16H,3-5,7-13,15H2,1-2,18H3. The monoisotopic (exact) mass is 270 g/mol. The minimum absolute atomic E-state index is 0.404. The number of hydrogen-bond acceptors (Lipinski definition) is 1. The SMILES string of the molecule is CCC=CC(CCCCCCCCCCC)O[SiH3]. The highest BCUT2D eigenvalue weighted by Gasteiger charge is 2.01. The van der Waals surface area contributed by atoms with Crippen LogP contribution in [-0.4, -0.2) is 16.6 Å². The maximum Gasteiger partial charge on any atom is 0.146 e. The summed E-state index contributed by atoms with van der Waals surface area (Å²) in [5, 5.41) is 0. The molecule has 1 nitrogen and oxygen atoms in total. The van der Waals surface area contributed by atoms with E-state index < -0.39 is 0 Å². The molecule has 0 heterocycles. The Morgan fingerprint density at radius 3 is 1.94 bits per heavy atom. The lowest BCUT2D eigenvalue weighted by molar-refractivity contribution is 0.255. The lowest BCUT2D eigenvalue weighted by Crippen LogP contribution is -2.07. The molecule has 0 bridgehead atoms. The van der Waals surface area contributed by atoms with Crippen LogP contribution in [0.15, 0.2) is 12.2 Å². The van der Waals surface area contributed by atoms with Crippen molar-refractivity contribution in [3.05, 3.63) is 12.2 Å². The van der Waals surface area contributed by atoms with E-state index in [0.717, 1.165) is 16.9 Å². The van der Waals surface area contributed by atoms with E-state index in [1.807, 2.05) is 0 Å². The third kappa shape index (κ3) is 12.4. The van der Waals surface area contributed by atoms with E-state index in [4.69, 9.17) is 4.43 Å². The average molecular weight is 271 g/mol. The molecule has 0 aromatic rings. The summed E-state index contributed by atoms with van der Waals surface area (Å²) >= 11 is 0. The third-order valence-corrected chi connectivity index (χ3v) is 4.09. The van der Waals surface area contributed by atoms with Crippen molar-refractivity contribution in [3.63, 3.8) is 0 Å². The fraction of sp³-hybridized carbons (Fsp3) is 0.875. The number of rotatable bonds is 13. The van der Waals surface area contributed by atoms with E-state index in [9.17, 15) is 0 Å². The molecular weight excluding hydrogens is 236 g/mol. The molecule has 0 N–H and O–H groups in total. The maximum absolute atomic E-state index is 5.58. The summed E-state index contributed by atoms with van der Waals surface area (Å²) in [6.07, 6.45) is 19.9. The highest BCUT2D eigenvalue weighted by Crippen LogP contribution is 2.12. The molecule has 108 valence electrons. The van der Waals surface area contributed by atoms with Crippen molar-refractivity contribution in [1.29, 1.82) is 0 Å². The first-order valence-corrected chi connectivity index (χ1v) is 8.86. The Bertz CT molecular complexity index is 180. The number of allylic oxidation sites excluding steroid dienone is 1. The lowest BCUT2D eigenvalue weighted by Gasteiger charge is -2.11. The van der Waals surface area contributed by atoms with E-state index in [1.165, 1.54) is 64.2 Å². The highest BCUT2D eigenvalue weighted by atomic mass is 28.2. The van der Waals surface area contributed by atoms with Crippen LogP contribution in [0.2, 0.25) is 0 Å². The fourth-order valence-corrected chi connectivity index (χ4v) is 2.63. The van der Waals surface area contributed by atoms with Gasteiger partial charge < -0.3 is 4.43 Å². The van der Waals surface area contributed by atoms with Crippen LogP contribution >= 0.6 is 0 Å². The fourth-order valence-electron chi connectivity index (χ4n) is 2.24. The molecule has 2 heteroatoms. The molecule has 1 unspecified atom stereocenters. The van der Waals surface area contributed by atoms with Gasteiger partial charge in [-0.3, -0.25) is 0 Å². The summed E-state index contributed by atoms with van der Waals surface area (Å²) < 4.78 is 5.58. The first kappa shape index (κ1) is 17.9. The van der Waals surface area contributed by atoms with Crippen molar-refractivity contribution in [2.24, 2.45) is 0 Å². The molecule has 0 rings (SSSR count). The average Bonchev–Trinajstić information content (AvgIpc) is 2.40. The highest BCUT2D eigenvalue weighted by molar-refractivity contribution is 5.98. The van der Waals surface area contributed by atoms with Gasteiger partial charge in [-0.05, 0) is 12.8 Å². The summed E-state index contributed by atoms with van der Waals surface area (Å²) in [7, 11) is 0.859. The van der Waals surface area contributed by atoms with Crippen molar-refractivity contribution < 1.29 is 4.43 Å². The zero-order chi connectivity index (χ0) is 13.5. The van der Waals surface area contributed by atoms with Gasteiger partial charge in [-0.2, -0.15) is 0 Å².